The standard InChI is InChI=1S/C12H20N4O/c1-2-15-9-6-13-12(15)14-10-11(17)16-7-4-3-5-8-16/h6,9H,2-5,7-8,10H2,1H3,(H,13,14). The predicted molar refractivity (Wildman–Crippen MR) is 66.8 cm³/mol. The summed E-state index contributed by atoms with van der Waals surface area (Å²) in [6.07, 6.45) is 7.17. The maximum Gasteiger partial charge on any atom is 0.241 e. The van der Waals surface area contributed by atoms with Crippen LogP contribution < -0.4 is 5.32 Å². The number of amides is 1. The van der Waals surface area contributed by atoms with E-state index in [2.05, 4.69) is 17.2 Å². The van der Waals surface area contributed by atoms with Gasteiger partial charge in [0, 0.05) is 32.0 Å². The van der Waals surface area contributed by atoms with E-state index >= 15 is 0 Å². The molecule has 5 heteroatoms. The van der Waals surface area contributed by atoms with Gasteiger partial charge in [-0.1, -0.05) is 0 Å². The molecule has 0 atom stereocenters. The molecule has 0 aliphatic carbocycles. The zero-order valence-corrected chi connectivity index (χ0v) is 10.4. The van der Waals surface area contributed by atoms with E-state index in [-0.39, 0.29) is 5.91 Å². The fraction of sp³-hybridized carbons (Fsp3) is 0.667. The van der Waals surface area contributed by atoms with Crippen molar-refractivity contribution in [2.75, 3.05) is 25.0 Å². The van der Waals surface area contributed by atoms with E-state index in [0.29, 0.717) is 6.54 Å². The zero-order valence-electron chi connectivity index (χ0n) is 10.4. The molecule has 0 aromatic carbocycles. The van der Waals surface area contributed by atoms with Crippen LogP contribution in [0.3, 0.4) is 0 Å². The third-order valence-electron chi connectivity index (χ3n) is 3.16. The number of likely N-dealkylation sites (tertiary alicyclic amines) is 1. The molecule has 2 rings (SSSR count). The molecule has 1 aromatic heterocycles. The van der Waals surface area contributed by atoms with Crippen LogP contribution in [0.1, 0.15) is 26.2 Å². The SMILES string of the molecule is CCn1ccnc1NCC(=O)N1CCCCC1. The molecule has 1 amide bonds. The minimum atomic E-state index is 0.176. The number of piperidine rings is 1. The molecule has 2 heterocycles. The first kappa shape index (κ1) is 12.0. The summed E-state index contributed by atoms with van der Waals surface area (Å²) in [6.45, 7) is 5.07. The molecule has 1 saturated heterocycles. The summed E-state index contributed by atoms with van der Waals surface area (Å²) in [6, 6.07) is 0. The van der Waals surface area contributed by atoms with Crippen LogP contribution in [0.15, 0.2) is 12.4 Å². The smallest absolute Gasteiger partial charge is 0.241 e. The Morgan fingerprint density at radius 1 is 1.41 bits per heavy atom. The Morgan fingerprint density at radius 3 is 2.88 bits per heavy atom. The lowest BCUT2D eigenvalue weighted by molar-refractivity contribution is -0.130. The van der Waals surface area contributed by atoms with E-state index in [9.17, 15) is 4.79 Å². The Bertz CT molecular complexity index is 368. The molecule has 5 nitrogen and oxygen atoms in total. The van der Waals surface area contributed by atoms with E-state index in [1.54, 1.807) is 6.20 Å². The molecule has 1 fully saturated rings. The molecule has 0 radical (unpaired) electrons. The summed E-state index contributed by atoms with van der Waals surface area (Å²) in [7, 11) is 0. The fourth-order valence-electron chi connectivity index (χ4n) is 2.14. The number of nitrogens with one attached hydrogen (secondary N) is 1. The van der Waals surface area contributed by atoms with Gasteiger partial charge in [-0.25, -0.2) is 4.98 Å². The number of imidazole rings is 1. The number of aromatic nitrogens is 2. The summed E-state index contributed by atoms with van der Waals surface area (Å²) >= 11 is 0. The van der Waals surface area contributed by atoms with E-state index < -0.39 is 0 Å². The average molecular weight is 236 g/mol. The summed E-state index contributed by atoms with van der Waals surface area (Å²) in [5.74, 6) is 0.952. The molecule has 94 valence electrons. The Kier molecular flexibility index (Phi) is 4.01. The first-order chi connectivity index (χ1) is 8.31. The third kappa shape index (κ3) is 2.99. The molecule has 0 unspecified atom stereocenters. The predicted octanol–water partition coefficient (Wildman–Crippen LogP) is 1.33. The van der Waals surface area contributed by atoms with Crippen molar-refractivity contribution in [1.29, 1.82) is 0 Å². The van der Waals surface area contributed by atoms with E-state index in [1.165, 1.54) is 6.42 Å². The molecule has 1 aliphatic rings. The van der Waals surface area contributed by atoms with Crippen LogP contribution in [0.25, 0.3) is 0 Å². The van der Waals surface area contributed by atoms with Gasteiger partial charge in [-0.05, 0) is 26.2 Å². The fourth-order valence-corrected chi connectivity index (χ4v) is 2.14. The van der Waals surface area contributed by atoms with Gasteiger partial charge in [-0.2, -0.15) is 0 Å². The van der Waals surface area contributed by atoms with Crippen molar-refractivity contribution in [3.8, 4) is 0 Å². The lowest BCUT2D eigenvalue weighted by Gasteiger charge is -2.26. The van der Waals surface area contributed by atoms with E-state index in [4.69, 9.17) is 0 Å². The largest absolute Gasteiger partial charge is 0.347 e. The lowest BCUT2D eigenvalue weighted by Crippen LogP contribution is -2.39. The van der Waals surface area contributed by atoms with E-state index in [0.717, 1.165) is 38.4 Å². The minimum absolute atomic E-state index is 0.176. The molecule has 0 spiro atoms. The maximum atomic E-state index is 11.9. The highest BCUT2D eigenvalue weighted by Crippen LogP contribution is 2.09. The van der Waals surface area contributed by atoms with Gasteiger partial charge < -0.3 is 14.8 Å². The summed E-state index contributed by atoms with van der Waals surface area (Å²) < 4.78 is 1.99. The van der Waals surface area contributed by atoms with Crippen molar-refractivity contribution in [2.24, 2.45) is 0 Å². The number of hydrogen-bond donors (Lipinski definition) is 1. The Balaban J connectivity index is 1.83. The van der Waals surface area contributed by atoms with Crippen molar-refractivity contribution < 1.29 is 4.79 Å². The van der Waals surface area contributed by atoms with Crippen molar-refractivity contribution in [3.05, 3.63) is 12.4 Å². The number of rotatable bonds is 4. The van der Waals surface area contributed by atoms with Crippen LogP contribution in [0.2, 0.25) is 0 Å². The number of carbonyl (C=O) groups excluding carboxylic acids is 1. The van der Waals surface area contributed by atoms with Crippen molar-refractivity contribution in [1.82, 2.24) is 14.5 Å². The van der Waals surface area contributed by atoms with Crippen LogP contribution in [0, 0.1) is 0 Å². The molecule has 0 bridgehead atoms. The van der Waals surface area contributed by atoms with Crippen LogP contribution >= 0.6 is 0 Å². The minimum Gasteiger partial charge on any atom is -0.347 e. The second kappa shape index (κ2) is 5.70. The van der Waals surface area contributed by atoms with Crippen molar-refractivity contribution >= 4 is 11.9 Å². The first-order valence-electron chi connectivity index (χ1n) is 6.34. The van der Waals surface area contributed by atoms with Crippen LogP contribution in [0.4, 0.5) is 5.95 Å². The number of carbonyl (C=O) groups is 1. The highest BCUT2D eigenvalue weighted by atomic mass is 16.2. The van der Waals surface area contributed by atoms with Gasteiger partial charge in [0.1, 0.15) is 0 Å². The molecule has 1 N–H and O–H groups in total. The average Bonchev–Trinajstić information content (AvgIpc) is 2.84. The second-order valence-corrected chi connectivity index (χ2v) is 4.33. The van der Waals surface area contributed by atoms with Gasteiger partial charge in [-0.3, -0.25) is 4.79 Å². The van der Waals surface area contributed by atoms with Crippen LogP contribution in [-0.2, 0) is 11.3 Å². The molecule has 1 aliphatic heterocycles. The van der Waals surface area contributed by atoms with Gasteiger partial charge in [-0.15, -0.1) is 0 Å². The van der Waals surface area contributed by atoms with Crippen molar-refractivity contribution in [2.45, 2.75) is 32.7 Å². The molecule has 1 aromatic rings. The number of anilines is 1. The Labute approximate surface area is 102 Å². The van der Waals surface area contributed by atoms with E-state index in [1.807, 2.05) is 15.7 Å². The third-order valence-corrected chi connectivity index (χ3v) is 3.16. The highest BCUT2D eigenvalue weighted by molar-refractivity contribution is 5.80. The number of nitrogens with zero attached hydrogens (tertiary/aromatic N) is 3. The molecular weight excluding hydrogens is 216 g/mol. The normalized spacial score (nSPS) is 15.9. The Morgan fingerprint density at radius 2 is 2.18 bits per heavy atom. The van der Waals surface area contributed by atoms with Gasteiger partial charge in [0.05, 0.1) is 6.54 Å². The molecule has 0 saturated carbocycles. The summed E-state index contributed by atoms with van der Waals surface area (Å²) in [4.78, 5) is 18.0. The first-order valence-corrected chi connectivity index (χ1v) is 6.34. The van der Waals surface area contributed by atoms with Gasteiger partial charge in [0.15, 0.2) is 0 Å². The van der Waals surface area contributed by atoms with Gasteiger partial charge >= 0.3 is 0 Å². The maximum absolute atomic E-state index is 11.9. The Hall–Kier alpha value is -1.52. The topological polar surface area (TPSA) is 50.2 Å². The quantitative estimate of drug-likeness (QED) is 0.858. The number of hydrogen-bond acceptors (Lipinski definition) is 3. The van der Waals surface area contributed by atoms with Gasteiger partial charge in [0.25, 0.3) is 0 Å². The monoisotopic (exact) mass is 236 g/mol. The summed E-state index contributed by atoms with van der Waals surface area (Å²) in [5.41, 5.74) is 0. The van der Waals surface area contributed by atoms with Crippen LogP contribution in [-0.4, -0.2) is 40.0 Å². The van der Waals surface area contributed by atoms with Gasteiger partial charge in [0.2, 0.25) is 11.9 Å². The van der Waals surface area contributed by atoms with Crippen LogP contribution in [0.5, 0.6) is 0 Å². The molecular formula is C12H20N4O. The van der Waals surface area contributed by atoms with Crippen molar-refractivity contribution in [3.63, 3.8) is 0 Å². The highest BCUT2D eigenvalue weighted by Gasteiger charge is 2.16. The zero-order chi connectivity index (χ0) is 12.1. The lowest BCUT2D eigenvalue weighted by atomic mass is 10.1. The summed E-state index contributed by atoms with van der Waals surface area (Å²) in [5, 5.41) is 3.10. The second-order valence-electron chi connectivity index (χ2n) is 4.33. The number of aryl methyl sites for hydroxylation is 1. The molecule has 17 heavy (non-hydrogen) atoms.